The van der Waals surface area contributed by atoms with Crippen molar-refractivity contribution in [1.82, 2.24) is 70.4 Å². The Morgan fingerprint density at radius 3 is 1.23 bits per heavy atom. The Bertz CT molecular complexity index is 4680. The molecule has 2 unspecified atom stereocenters. The number of para-hydroxylation sites is 3. The van der Waals surface area contributed by atoms with Gasteiger partial charge in [-0.3, -0.25) is 25.0 Å². The molecule has 0 aliphatic carbocycles. The van der Waals surface area contributed by atoms with Crippen LogP contribution in [0.25, 0.3) is 0 Å². The molecule has 1 aliphatic heterocycles. The molecule has 9 aromatic rings. The number of esters is 1. The van der Waals surface area contributed by atoms with E-state index in [1.807, 2.05) is 61.1 Å². The lowest BCUT2D eigenvalue weighted by molar-refractivity contribution is -0.360. The number of thiocarbonyl (C=S) groups is 2. The first kappa shape index (κ1) is 114. The summed E-state index contributed by atoms with van der Waals surface area (Å²) in [4.78, 5) is 86.7. The van der Waals surface area contributed by atoms with Crippen LogP contribution in [0.3, 0.4) is 0 Å². The van der Waals surface area contributed by atoms with Gasteiger partial charge in [-0.1, -0.05) is 54.6 Å². The van der Waals surface area contributed by atoms with Crippen LogP contribution in [-0.4, -0.2) is 225 Å². The fourth-order valence-electron chi connectivity index (χ4n) is 7.51. The fraction of sp³-hybridized carbons (Fsp3) is 0.333. The molecule has 3 aromatic carbocycles. The second-order valence-electron chi connectivity index (χ2n) is 22.3. The highest BCUT2D eigenvalue weighted by molar-refractivity contribution is 9.11. The smallest absolute Gasteiger partial charge is 0.449 e. The van der Waals surface area contributed by atoms with Crippen LogP contribution in [0, 0.1) is 0 Å². The van der Waals surface area contributed by atoms with Crippen LogP contribution < -0.4 is 72.4 Å². The van der Waals surface area contributed by atoms with Gasteiger partial charge in [0.05, 0.1) is 95.5 Å². The van der Waals surface area contributed by atoms with Gasteiger partial charge in [0.1, 0.15) is 43.1 Å². The number of nitrogens with one attached hydrogen (secondary N) is 2. The first-order valence-electron chi connectivity index (χ1n) is 34.0. The topological polar surface area (TPSA) is 440 Å². The number of hydrogen-bond donors (Lipinski definition) is 5. The van der Waals surface area contributed by atoms with Gasteiger partial charge in [0, 0.05) is 75.3 Å². The van der Waals surface area contributed by atoms with E-state index in [-0.39, 0.29) is 75.9 Å². The number of aliphatic hydroxyl groups is 3. The van der Waals surface area contributed by atoms with E-state index in [1.165, 1.54) is 81.6 Å². The quantitative estimate of drug-likeness (QED) is 0.00733. The molecule has 0 radical (unpaired) electrons. The summed E-state index contributed by atoms with van der Waals surface area (Å²) >= 11 is 27.3. The molecule has 10 rings (SSSR count). The molecule has 1 aliphatic rings. The zero-order valence-corrected chi connectivity index (χ0v) is 76.9. The number of aliphatic hydroxyl groups excluding tert-OH is 1. The highest BCUT2D eigenvalue weighted by Gasteiger charge is 2.56. The van der Waals surface area contributed by atoms with Crippen LogP contribution in [0.5, 0.6) is 71.0 Å². The number of halogens is 17. The van der Waals surface area contributed by atoms with Gasteiger partial charge in [-0.2, -0.15) is 103 Å². The third-order valence-corrected chi connectivity index (χ3v) is 14.8. The highest BCUT2D eigenvalue weighted by Crippen LogP contribution is 2.39. The van der Waals surface area contributed by atoms with E-state index in [9.17, 15) is 71.9 Å². The summed E-state index contributed by atoms with van der Waals surface area (Å²) in [5.74, 6) is -4.51. The number of alkyl halides is 12. The molecule has 4 amide bonds. The molecule has 0 bridgehead atoms. The number of methoxy groups -OCH3 is 10. The van der Waals surface area contributed by atoms with Crippen LogP contribution >= 0.6 is 99.8 Å². The molecule has 2 atom stereocenters. The van der Waals surface area contributed by atoms with E-state index in [0.717, 1.165) is 41.6 Å². The van der Waals surface area contributed by atoms with Gasteiger partial charge < -0.3 is 86.5 Å². The molecule has 7 heterocycles. The van der Waals surface area contributed by atoms with Crippen LogP contribution in [0.15, 0.2) is 146 Å². The second-order valence-corrected chi connectivity index (χ2v) is 26.8. The maximum Gasteiger partial charge on any atom is 0.449 e. The van der Waals surface area contributed by atoms with E-state index < -0.39 is 95.3 Å². The van der Waals surface area contributed by atoms with Crippen molar-refractivity contribution in [2.75, 3.05) is 96.7 Å². The number of amides is 4. The molecule has 36 nitrogen and oxygen atoms in total. The first-order valence-corrected chi connectivity index (χ1v) is 38.3. The molecule has 696 valence electrons. The number of urea groups is 1. The fourth-order valence-corrected chi connectivity index (χ4v) is 10.2. The number of rotatable bonds is 19. The number of carbonyl (C=O) groups is 4. The third kappa shape index (κ3) is 47.3. The van der Waals surface area contributed by atoms with Gasteiger partial charge in [-0.05, 0) is 131 Å². The van der Waals surface area contributed by atoms with Crippen molar-refractivity contribution in [3.63, 3.8) is 0 Å². The molecule has 0 spiro atoms. The number of hydrogen-bond acceptors (Lipinski definition) is 36. The van der Waals surface area contributed by atoms with Crippen molar-refractivity contribution >= 4 is 139 Å². The van der Waals surface area contributed by atoms with Gasteiger partial charge in [0.15, 0.2) is 10.8 Å². The van der Waals surface area contributed by atoms with Crippen molar-refractivity contribution < 1.29 is 153 Å². The summed E-state index contributed by atoms with van der Waals surface area (Å²) in [5.41, 5.74) is -1.19. The van der Waals surface area contributed by atoms with Gasteiger partial charge >= 0.3 is 77.8 Å². The minimum atomic E-state index is -5.31. The Balaban J connectivity index is 0.000000723. The van der Waals surface area contributed by atoms with E-state index in [1.54, 1.807) is 49.4 Å². The number of aromatic nitrogens is 12. The van der Waals surface area contributed by atoms with E-state index >= 15 is 0 Å². The Kier molecular flexibility index (Phi) is 51.6. The highest BCUT2D eigenvalue weighted by atomic mass is 79.9. The standard InChI is InChI=1S/C15H13F3N2O4S.C8H9F3N2O4.C8H9F3N2O3.C8H9F3N2O2.C8H11N.C7H5ClOS.C6H7BrN2O2.C4HBr3N2.C4H4N2O3.C4H8O2/c1-21-11-8-10(19-13(20-11)22-2)12(15(16,17)18)24-14(25)23-9-6-4-3-5-7-9;1-16-5-3-4(12-6(13-5)17-2)7(14,15)8(9,10)11;1-15-5-3-4(6(14)8(9,10)11)12-7(13-5)16-2;1-14-6-3-5(4-8(9,10)11)12-7(13-6)15-2;1-9(2)8-6-4-3-5-7-8;8-7(10)9-6-4-2-1-3-5-6;1-10-5-3-4(7)8-6(9-5)11-2;5-2-1-3(6)9-4(7)8-2;7-2-1-3(8)6-4(9)5-2;1-3-6-4(2)5/h3-8,12H,1-2H3;3,14-15H,1-2H3;3,6,14H,1-2H3;3H,4H2,1-2H3;3-7H,1-2H3;1-5H;3H,1-2H3;1H;1H2,(H2,5,6,7,8,9);3H2,1-2H3. The number of carbonyl (C=O) groups excluding carboxylic acids is 4. The zero-order valence-electron chi connectivity index (χ0n) is 68.1. The maximum absolute atomic E-state index is 13.4. The molecule has 6 aromatic heterocycles. The zero-order chi connectivity index (χ0) is 96.6. The number of imide groups is 2. The van der Waals surface area contributed by atoms with Crippen molar-refractivity contribution in [3.05, 3.63) is 169 Å². The lowest BCUT2D eigenvalue weighted by atomic mass is 10.2. The molecule has 5 N–H and O–H groups in total. The van der Waals surface area contributed by atoms with Crippen molar-refractivity contribution in [2.24, 2.45) is 0 Å². The molecular formula is C72H76Br4ClF12N15O21S2. The van der Waals surface area contributed by atoms with Crippen molar-refractivity contribution in [2.45, 2.75) is 69.4 Å². The molecule has 1 saturated heterocycles. The van der Waals surface area contributed by atoms with Crippen LogP contribution in [0.4, 0.5) is 63.2 Å². The minimum absolute atomic E-state index is 0.0196. The first-order chi connectivity index (χ1) is 59.4. The normalized spacial score (nSPS) is 11.6. The maximum atomic E-state index is 13.4. The number of ether oxygens (including phenoxy) is 14. The number of barbiturate groups is 1. The predicted molar refractivity (Wildman–Crippen MR) is 446 cm³/mol. The Morgan fingerprint density at radius 2 is 0.874 bits per heavy atom. The van der Waals surface area contributed by atoms with Gasteiger partial charge in [0.25, 0.3) is 4.51 Å². The molecule has 1 fully saturated rings. The summed E-state index contributed by atoms with van der Waals surface area (Å²) in [6, 6.07) is 32.8. The largest absolute Gasteiger partial charge is 0.481 e. The van der Waals surface area contributed by atoms with Crippen LogP contribution in [0.2, 0.25) is 0 Å². The Hall–Kier alpha value is -11.2. The number of nitrogens with zero attached hydrogens (tertiary/aromatic N) is 13. The summed E-state index contributed by atoms with van der Waals surface area (Å²) < 4.78 is 219. The minimum Gasteiger partial charge on any atom is -0.481 e. The van der Waals surface area contributed by atoms with Crippen molar-refractivity contribution in [3.8, 4) is 71.0 Å². The Morgan fingerprint density at radius 1 is 0.496 bits per heavy atom. The molecule has 0 saturated carbocycles. The van der Waals surface area contributed by atoms with E-state index in [0.29, 0.717) is 33.6 Å². The van der Waals surface area contributed by atoms with E-state index in [4.69, 9.17) is 77.0 Å². The third-order valence-electron chi connectivity index (χ3n) is 12.9. The predicted octanol–water partition coefficient (Wildman–Crippen LogP) is 14.0. The average molecular weight is 2130 g/mol. The lowest BCUT2D eigenvalue weighted by Crippen LogP contribution is -2.49. The van der Waals surface area contributed by atoms with Crippen LogP contribution in [0.1, 0.15) is 55.3 Å². The monoisotopic (exact) mass is 2130 g/mol. The summed E-state index contributed by atoms with van der Waals surface area (Å²) in [6.07, 6.45) is -25.8. The van der Waals surface area contributed by atoms with Gasteiger partial charge in [0.2, 0.25) is 47.3 Å². The molecule has 127 heavy (non-hydrogen) atoms. The summed E-state index contributed by atoms with van der Waals surface area (Å²) in [5, 5.41) is 30.0. The molecule has 55 heteroatoms. The molecular weight excluding hydrogens is 2060 g/mol. The van der Waals surface area contributed by atoms with E-state index in [2.05, 4.69) is 181 Å². The SMILES string of the molecule is Brc1cc(Br)nc(Br)n1.CCOC(C)=O.CN(C)c1ccccc1.COc1cc(Br)nc(OC)n1.COc1cc(C(O)(O)C(F)(F)F)nc(OC)n1.COc1cc(C(O)C(F)(F)F)nc(OC)n1.COc1cc(C(OC(=S)Oc2ccccc2)C(F)(F)F)nc(OC)n1.COc1cc(CC(F)(F)F)nc(OC)n1.O=C1CC(=O)NC(=O)N1.S=C(Cl)Oc1ccccc1. The van der Waals surface area contributed by atoms with Gasteiger partial charge in [-0.15, -0.1) is 0 Å². The average Bonchev–Trinajstić information content (AvgIpc) is 0.792. The number of anilines is 1. The number of benzene rings is 3. The summed E-state index contributed by atoms with van der Waals surface area (Å²) in [7, 11) is 16.8. The summed E-state index contributed by atoms with van der Waals surface area (Å²) in [6.45, 7) is 3.65. The second kappa shape index (κ2) is 57.5. The van der Waals surface area contributed by atoms with Crippen molar-refractivity contribution in [1.29, 1.82) is 0 Å². The Labute approximate surface area is 763 Å². The lowest BCUT2D eigenvalue weighted by Gasteiger charge is -2.23. The van der Waals surface area contributed by atoms with Crippen LogP contribution in [-0.2, 0) is 36.1 Å². The van der Waals surface area contributed by atoms with Gasteiger partial charge in [-0.25, -0.2) is 14.8 Å².